The fraction of sp³-hybridized carbons (Fsp3) is 0.306. The van der Waals surface area contributed by atoms with Crippen LogP contribution in [0.4, 0.5) is 56.9 Å². The molecule has 0 aromatic heterocycles. The standard InChI is InChI=1S/4C20H17N.C16H15N.14C2H6/c1-14-8-7-11-16-15-9-3-5-12-18(15)21(2)19-13-6-4-10-17(19)20(14)16;1-14-11-12-15-16-7-3-5-9-19(16)21(2)20-10-6-4-8-17(20)18(15)13-14;1-14-8-7-12-18-16-10-4-3-9-15(16)17-11-5-6-13-19(17)21(2)20(14)18;1-14-11-12-20-18(13-14)16-8-4-3-7-15(16)17-9-5-6-10-19(17)21(20)2;1-12-7-8-14-10-9-13-5-3-4-6-15(13)17(2)16(14)11-12;14*1-2/h4*3-13H,1-2H3;3-11H,1-2H3;14*1-2H3. The molecule has 14 aromatic rings. The van der Waals surface area contributed by atoms with Crippen molar-refractivity contribution in [1.29, 1.82) is 0 Å². The molecule has 0 radical (unpaired) electrons. The number of hydrogen-bond donors (Lipinski definition) is 0. The largest absolute Gasteiger partial charge is 0.344 e. The summed E-state index contributed by atoms with van der Waals surface area (Å²) < 4.78 is 0. The van der Waals surface area contributed by atoms with E-state index in [1.165, 1.54) is 185 Å². The fourth-order valence-corrected chi connectivity index (χ4v) is 15.5. The minimum Gasteiger partial charge on any atom is -0.344 e. The number of fused-ring (bicyclic) bond motifs is 22. The van der Waals surface area contributed by atoms with Crippen LogP contribution in [0.25, 0.3) is 101 Å². The highest BCUT2D eigenvalue weighted by molar-refractivity contribution is 6.04. The van der Waals surface area contributed by atoms with Crippen molar-refractivity contribution in [2.24, 2.45) is 0 Å². The fourth-order valence-electron chi connectivity index (χ4n) is 15.5. The van der Waals surface area contributed by atoms with Crippen LogP contribution in [-0.2, 0) is 0 Å². The Balaban J connectivity index is 0.000000754. The highest BCUT2D eigenvalue weighted by atomic mass is 15.1. The van der Waals surface area contributed by atoms with Gasteiger partial charge in [-0.15, -0.1) is 0 Å². The molecule has 0 unspecified atom stereocenters. The molecule has 0 N–H and O–H groups in total. The van der Waals surface area contributed by atoms with Crippen LogP contribution in [0.15, 0.2) is 309 Å². The second-order valence-electron chi connectivity index (χ2n) is 27.0. The number of nitrogens with zero attached hydrogens (tertiary/aromatic N) is 5. The zero-order valence-corrected chi connectivity index (χ0v) is 87.3. The summed E-state index contributed by atoms with van der Waals surface area (Å²) in [6, 6.07) is 111. The highest BCUT2D eigenvalue weighted by Gasteiger charge is 2.28. The zero-order chi connectivity index (χ0) is 97.4. The minimum atomic E-state index is 1.26. The van der Waals surface area contributed by atoms with E-state index in [0.29, 0.717) is 0 Å². The topological polar surface area (TPSA) is 16.2 Å². The maximum absolute atomic E-state index is 2.32. The van der Waals surface area contributed by atoms with E-state index in [-0.39, 0.29) is 0 Å². The lowest BCUT2D eigenvalue weighted by Crippen LogP contribution is -2.11. The number of aryl methyl sites for hydroxylation is 5. The number of benzene rings is 14. The Bertz CT molecular complexity index is 5430. The molecule has 129 heavy (non-hydrogen) atoms. The Kier molecular flexibility index (Phi) is 56.7. The van der Waals surface area contributed by atoms with Crippen molar-refractivity contribution < 1.29 is 0 Å². The summed E-state index contributed by atoms with van der Waals surface area (Å²) in [6.45, 7) is 66.8. The lowest BCUT2D eigenvalue weighted by molar-refractivity contribution is 1.19. The molecule has 0 fully saturated rings. The molecular formula is C124H167N5. The number of rotatable bonds is 0. The molecule has 5 aliphatic rings. The molecule has 5 heteroatoms. The van der Waals surface area contributed by atoms with E-state index in [0.717, 1.165) is 0 Å². The molecule has 0 amide bonds. The quantitative estimate of drug-likeness (QED) is 0.150. The Hall–Kier alpha value is -12.2. The van der Waals surface area contributed by atoms with Crippen LogP contribution in [0.5, 0.6) is 0 Å². The highest BCUT2D eigenvalue weighted by Crippen LogP contribution is 2.52. The van der Waals surface area contributed by atoms with Gasteiger partial charge in [-0.05, 0) is 168 Å². The molecule has 5 aliphatic heterocycles. The van der Waals surface area contributed by atoms with E-state index in [2.05, 4.69) is 416 Å². The number of anilines is 10. The Morgan fingerprint density at radius 3 is 0.798 bits per heavy atom. The van der Waals surface area contributed by atoms with Gasteiger partial charge in [0.15, 0.2) is 0 Å². The Morgan fingerprint density at radius 1 is 0.147 bits per heavy atom. The SMILES string of the molecule is CC.CC.CC.CC.CC.CC.CC.CC.CC.CC.CC.CC.CC.CC.Cc1ccc2c(c1)-c1ccccc1-c1ccccc1N2C.Cc1ccc2c(c1)-c1ccccc1N(C)c1ccccc1-2.Cc1ccc2c(c1)N(C)c1ccccc1C=C2.Cc1cccc2c1-c1ccccc1N(C)c1ccccc1-2.Cc1cccc2c1N(C)c1ccccc1-c1ccccc1-2. The molecule has 5 heterocycles. The second kappa shape index (κ2) is 63.7. The van der Waals surface area contributed by atoms with Crippen molar-refractivity contribution in [2.45, 2.75) is 228 Å². The Morgan fingerprint density at radius 2 is 0.388 bits per heavy atom. The summed E-state index contributed by atoms with van der Waals surface area (Å²) in [6.07, 6.45) is 4.38. The molecule has 688 valence electrons. The van der Waals surface area contributed by atoms with Gasteiger partial charge in [-0.25, -0.2) is 0 Å². The van der Waals surface area contributed by atoms with Gasteiger partial charge in [0.1, 0.15) is 0 Å². The first-order valence-corrected chi connectivity index (χ1v) is 49.0. The van der Waals surface area contributed by atoms with Crippen LogP contribution in [0, 0.1) is 34.6 Å². The molecule has 14 aromatic carbocycles. The van der Waals surface area contributed by atoms with Gasteiger partial charge in [-0.2, -0.15) is 0 Å². The molecular weight excluding hydrogens is 1560 g/mol. The Labute approximate surface area is 789 Å². The maximum atomic E-state index is 2.32. The van der Waals surface area contributed by atoms with E-state index in [1.807, 2.05) is 194 Å². The molecule has 0 saturated heterocycles. The molecule has 19 rings (SSSR count). The van der Waals surface area contributed by atoms with E-state index >= 15 is 0 Å². The average Bonchev–Trinajstić information content (AvgIpc) is 1.58. The molecule has 0 saturated carbocycles. The first kappa shape index (κ1) is 115. The van der Waals surface area contributed by atoms with Gasteiger partial charge in [0.25, 0.3) is 0 Å². The summed E-state index contributed by atoms with van der Waals surface area (Å²) in [4.78, 5) is 11.5. The van der Waals surface area contributed by atoms with Crippen molar-refractivity contribution in [1.82, 2.24) is 0 Å². The maximum Gasteiger partial charge on any atom is 0.0517 e. The predicted molar refractivity (Wildman–Crippen MR) is 594 cm³/mol. The second-order valence-corrected chi connectivity index (χ2v) is 27.0. The van der Waals surface area contributed by atoms with Crippen LogP contribution in [-0.4, -0.2) is 35.2 Å². The summed E-state index contributed by atoms with van der Waals surface area (Å²) in [5.74, 6) is 0. The number of para-hydroxylation sites is 8. The number of hydrogen-bond acceptors (Lipinski definition) is 5. The minimum absolute atomic E-state index is 1.26. The molecule has 0 atom stereocenters. The van der Waals surface area contributed by atoms with Gasteiger partial charge < -0.3 is 24.5 Å². The van der Waals surface area contributed by atoms with Gasteiger partial charge in [-0.1, -0.05) is 466 Å². The first-order chi connectivity index (χ1) is 63.3. The van der Waals surface area contributed by atoms with Crippen LogP contribution < -0.4 is 24.5 Å². The van der Waals surface area contributed by atoms with Gasteiger partial charge in [0.05, 0.1) is 5.69 Å². The van der Waals surface area contributed by atoms with Crippen molar-refractivity contribution >= 4 is 69.0 Å². The van der Waals surface area contributed by atoms with E-state index in [4.69, 9.17) is 0 Å². The van der Waals surface area contributed by atoms with Crippen molar-refractivity contribution in [3.8, 4) is 89.0 Å². The van der Waals surface area contributed by atoms with E-state index < -0.39 is 0 Å². The monoisotopic (exact) mass is 1730 g/mol. The van der Waals surface area contributed by atoms with Gasteiger partial charge in [-0.3, -0.25) is 0 Å². The zero-order valence-electron chi connectivity index (χ0n) is 87.3. The third-order valence-corrected chi connectivity index (χ3v) is 20.6. The van der Waals surface area contributed by atoms with Crippen LogP contribution in [0.1, 0.15) is 233 Å². The van der Waals surface area contributed by atoms with Crippen LogP contribution >= 0.6 is 0 Å². The van der Waals surface area contributed by atoms with E-state index in [1.54, 1.807) is 0 Å². The lowest BCUT2D eigenvalue weighted by Gasteiger charge is -2.23. The average molecular weight is 1730 g/mol. The summed E-state index contributed by atoms with van der Waals surface area (Å²) in [7, 11) is 10.7. The molecule has 0 aliphatic carbocycles. The predicted octanol–water partition coefficient (Wildman–Crippen LogP) is 40.3. The summed E-state index contributed by atoms with van der Waals surface area (Å²) in [5.41, 5.74) is 42.7. The van der Waals surface area contributed by atoms with Crippen LogP contribution in [0.3, 0.4) is 0 Å². The van der Waals surface area contributed by atoms with Gasteiger partial charge in [0, 0.05) is 131 Å². The van der Waals surface area contributed by atoms with Crippen molar-refractivity contribution in [3.05, 3.63) is 348 Å². The molecule has 0 bridgehead atoms. The van der Waals surface area contributed by atoms with Crippen LogP contribution in [0.2, 0.25) is 0 Å². The summed E-state index contributed by atoms with van der Waals surface area (Å²) in [5, 5.41) is 0. The molecule has 0 spiro atoms. The first-order valence-electron chi connectivity index (χ1n) is 49.0. The molecule has 5 nitrogen and oxygen atoms in total. The van der Waals surface area contributed by atoms with Gasteiger partial charge >= 0.3 is 0 Å². The normalized spacial score (nSPS) is 10.3. The third kappa shape index (κ3) is 28.2. The van der Waals surface area contributed by atoms with Crippen molar-refractivity contribution in [2.75, 3.05) is 59.7 Å². The van der Waals surface area contributed by atoms with E-state index in [9.17, 15) is 0 Å². The van der Waals surface area contributed by atoms with Crippen molar-refractivity contribution in [3.63, 3.8) is 0 Å². The third-order valence-electron chi connectivity index (χ3n) is 20.6. The van der Waals surface area contributed by atoms with Gasteiger partial charge in [0.2, 0.25) is 0 Å². The summed E-state index contributed by atoms with van der Waals surface area (Å²) >= 11 is 0. The lowest BCUT2D eigenvalue weighted by atomic mass is 9.91. The smallest absolute Gasteiger partial charge is 0.0517 e.